The Bertz CT molecular complexity index is 603. The zero-order chi connectivity index (χ0) is 18.5. The largest absolute Gasteiger partial charge is 0.445 e. The Morgan fingerprint density at radius 3 is 2.38 bits per heavy atom. The van der Waals surface area contributed by atoms with Crippen LogP contribution in [0.5, 0.6) is 0 Å². The summed E-state index contributed by atoms with van der Waals surface area (Å²) in [6.45, 7) is 1.11. The second-order valence-corrected chi connectivity index (χ2v) is 7.87. The molecule has 0 N–H and O–H groups in total. The average molecular weight is 358 g/mol. The standard InChI is InChI=1S/C21H30N2O3/c1-22(2)12-11-20(24)17-13-18-9-6-10-19(14-17)23(18)21(25)26-15-16-7-4-3-5-8-16/h3-5,7-8,17-19H,6,9-15H2,1-2H3. The fourth-order valence-electron chi connectivity index (χ4n) is 4.27. The lowest BCUT2D eigenvalue weighted by molar-refractivity contribution is -0.126. The van der Waals surface area contributed by atoms with Gasteiger partial charge in [0.15, 0.2) is 0 Å². The third kappa shape index (κ3) is 4.64. The van der Waals surface area contributed by atoms with E-state index >= 15 is 0 Å². The van der Waals surface area contributed by atoms with Crippen LogP contribution in [0.2, 0.25) is 0 Å². The van der Waals surface area contributed by atoms with Crippen LogP contribution in [-0.4, -0.2) is 54.4 Å². The predicted molar refractivity (Wildman–Crippen MR) is 101 cm³/mol. The molecule has 2 aliphatic heterocycles. The first-order valence-electron chi connectivity index (χ1n) is 9.71. The lowest BCUT2D eigenvalue weighted by Crippen LogP contribution is -2.55. The summed E-state index contributed by atoms with van der Waals surface area (Å²) in [6.07, 6.45) is 5.07. The molecule has 26 heavy (non-hydrogen) atoms. The Labute approximate surface area is 156 Å². The van der Waals surface area contributed by atoms with Gasteiger partial charge in [-0.25, -0.2) is 4.79 Å². The number of carbonyl (C=O) groups is 2. The van der Waals surface area contributed by atoms with E-state index in [1.807, 2.05) is 49.3 Å². The van der Waals surface area contributed by atoms with E-state index in [4.69, 9.17) is 4.74 Å². The summed E-state index contributed by atoms with van der Waals surface area (Å²) in [4.78, 5) is 29.2. The Hall–Kier alpha value is -1.88. The average Bonchev–Trinajstić information content (AvgIpc) is 2.63. The number of nitrogens with zero attached hydrogens (tertiary/aromatic N) is 2. The maximum absolute atomic E-state index is 12.7. The van der Waals surface area contributed by atoms with Gasteiger partial charge in [-0.1, -0.05) is 30.3 Å². The summed E-state index contributed by atoms with van der Waals surface area (Å²) in [5.41, 5.74) is 1.000. The number of hydrogen-bond donors (Lipinski definition) is 0. The van der Waals surface area contributed by atoms with Crippen molar-refractivity contribution in [2.45, 2.75) is 57.2 Å². The molecule has 1 aromatic carbocycles. The van der Waals surface area contributed by atoms with Gasteiger partial charge in [-0.2, -0.15) is 0 Å². The second kappa shape index (κ2) is 8.67. The molecular weight excluding hydrogens is 328 g/mol. The van der Waals surface area contributed by atoms with Crippen molar-refractivity contribution in [2.75, 3.05) is 20.6 Å². The minimum atomic E-state index is -0.220. The minimum Gasteiger partial charge on any atom is -0.445 e. The number of carbonyl (C=O) groups excluding carboxylic acids is 2. The van der Waals surface area contributed by atoms with E-state index in [9.17, 15) is 9.59 Å². The van der Waals surface area contributed by atoms with E-state index in [0.29, 0.717) is 18.8 Å². The van der Waals surface area contributed by atoms with Crippen molar-refractivity contribution in [3.63, 3.8) is 0 Å². The zero-order valence-electron chi connectivity index (χ0n) is 15.9. The first-order valence-corrected chi connectivity index (χ1v) is 9.71. The van der Waals surface area contributed by atoms with Crippen molar-refractivity contribution >= 4 is 11.9 Å². The van der Waals surface area contributed by atoms with Gasteiger partial charge >= 0.3 is 6.09 Å². The summed E-state index contributed by atoms with van der Waals surface area (Å²) in [5, 5.41) is 0. The third-order valence-electron chi connectivity index (χ3n) is 5.65. The Balaban J connectivity index is 1.58. The van der Waals surface area contributed by atoms with Crippen LogP contribution in [0.25, 0.3) is 0 Å². The van der Waals surface area contributed by atoms with Gasteiger partial charge in [0.1, 0.15) is 12.4 Å². The molecule has 1 aromatic rings. The Morgan fingerprint density at radius 2 is 1.77 bits per heavy atom. The van der Waals surface area contributed by atoms with Crippen LogP contribution in [0.15, 0.2) is 30.3 Å². The van der Waals surface area contributed by atoms with Crippen LogP contribution in [0.3, 0.4) is 0 Å². The number of fused-ring (bicyclic) bond motifs is 2. The maximum atomic E-state index is 12.7. The molecule has 0 spiro atoms. The number of rotatable bonds is 6. The molecule has 0 saturated carbocycles. The highest BCUT2D eigenvalue weighted by molar-refractivity contribution is 5.82. The van der Waals surface area contributed by atoms with Crippen LogP contribution >= 0.6 is 0 Å². The lowest BCUT2D eigenvalue weighted by atomic mass is 9.76. The van der Waals surface area contributed by atoms with Gasteiger partial charge in [0.25, 0.3) is 0 Å². The number of ether oxygens (including phenoxy) is 1. The summed E-state index contributed by atoms with van der Waals surface area (Å²) >= 11 is 0. The highest BCUT2D eigenvalue weighted by Gasteiger charge is 2.43. The number of amides is 1. The molecule has 2 fully saturated rings. The van der Waals surface area contributed by atoms with E-state index in [-0.39, 0.29) is 24.1 Å². The number of piperidine rings is 2. The van der Waals surface area contributed by atoms with Crippen molar-refractivity contribution in [3.8, 4) is 0 Å². The van der Waals surface area contributed by atoms with Crippen LogP contribution in [-0.2, 0) is 16.1 Å². The molecule has 2 bridgehead atoms. The molecule has 1 amide bonds. The number of benzene rings is 1. The van der Waals surface area contributed by atoms with E-state index in [0.717, 1.165) is 44.2 Å². The van der Waals surface area contributed by atoms with Gasteiger partial charge in [-0.05, 0) is 51.8 Å². The maximum Gasteiger partial charge on any atom is 0.410 e. The first kappa shape index (κ1) is 18.9. The molecule has 142 valence electrons. The fraction of sp³-hybridized carbons (Fsp3) is 0.619. The molecule has 2 saturated heterocycles. The summed E-state index contributed by atoms with van der Waals surface area (Å²) in [5.74, 6) is 0.455. The Morgan fingerprint density at radius 1 is 1.12 bits per heavy atom. The molecule has 2 heterocycles. The summed E-state index contributed by atoms with van der Waals surface area (Å²) in [7, 11) is 3.99. The van der Waals surface area contributed by atoms with Crippen molar-refractivity contribution < 1.29 is 14.3 Å². The zero-order valence-corrected chi connectivity index (χ0v) is 15.9. The van der Waals surface area contributed by atoms with E-state index in [1.54, 1.807) is 0 Å². The normalized spacial score (nSPS) is 25.2. The first-order chi connectivity index (χ1) is 12.5. The number of ketones is 1. The van der Waals surface area contributed by atoms with Crippen LogP contribution in [0.4, 0.5) is 4.79 Å². The lowest BCUT2D eigenvalue weighted by Gasteiger charge is -2.47. The van der Waals surface area contributed by atoms with Crippen molar-refractivity contribution in [2.24, 2.45) is 5.92 Å². The number of Topliss-reactive ketones (excluding diaryl/α,β-unsaturated/α-hetero) is 1. The topological polar surface area (TPSA) is 49.9 Å². The van der Waals surface area contributed by atoms with Crippen LogP contribution < -0.4 is 0 Å². The monoisotopic (exact) mass is 358 g/mol. The summed E-state index contributed by atoms with van der Waals surface area (Å²) < 4.78 is 5.57. The van der Waals surface area contributed by atoms with Crippen LogP contribution in [0, 0.1) is 5.92 Å². The van der Waals surface area contributed by atoms with Gasteiger partial charge in [0, 0.05) is 31.0 Å². The van der Waals surface area contributed by atoms with Gasteiger partial charge in [0.05, 0.1) is 0 Å². The Kier molecular flexibility index (Phi) is 6.30. The summed E-state index contributed by atoms with van der Waals surface area (Å²) in [6, 6.07) is 10.1. The molecule has 5 nitrogen and oxygen atoms in total. The third-order valence-corrected chi connectivity index (χ3v) is 5.65. The van der Waals surface area contributed by atoms with Gasteiger partial charge in [-0.3, -0.25) is 4.79 Å². The van der Waals surface area contributed by atoms with E-state index in [1.165, 1.54) is 0 Å². The molecule has 0 aromatic heterocycles. The fourth-order valence-corrected chi connectivity index (χ4v) is 4.27. The van der Waals surface area contributed by atoms with Crippen molar-refractivity contribution in [1.29, 1.82) is 0 Å². The molecule has 2 atom stereocenters. The highest BCUT2D eigenvalue weighted by atomic mass is 16.6. The molecule has 2 unspecified atom stereocenters. The second-order valence-electron chi connectivity index (χ2n) is 7.87. The minimum absolute atomic E-state index is 0.100. The quantitative estimate of drug-likeness (QED) is 0.781. The van der Waals surface area contributed by atoms with Crippen molar-refractivity contribution in [1.82, 2.24) is 9.80 Å². The predicted octanol–water partition coefficient (Wildman–Crippen LogP) is 3.48. The molecule has 2 aliphatic rings. The SMILES string of the molecule is CN(C)CCC(=O)C1CC2CCCC(C1)N2C(=O)OCc1ccccc1. The molecule has 5 heteroatoms. The molecule has 3 rings (SSSR count). The van der Waals surface area contributed by atoms with Crippen molar-refractivity contribution in [3.05, 3.63) is 35.9 Å². The molecular formula is C21H30N2O3. The smallest absolute Gasteiger partial charge is 0.410 e. The molecule has 0 radical (unpaired) electrons. The molecule has 0 aliphatic carbocycles. The van der Waals surface area contributed by atoms with Gasteiger partial charge < -0.3 is 14.5 Å². The van der Waals surface area contributed by atoms with E-state index < -0.39 is 0 Å². The highest BCUT2D eigenvalue weighted by Crippen LogP contribution is 2.38. The van der Waals surface area contributed by atoms with Gasteiger partial charge in [-0.15, -0.1) is 0 Å². The van der Waals surface area contributed by atoms with E-state index in [2.05, 4.69) is 4.90 Å². The number of hydrogen-bond acceptors (Lipinski definition) is 4. The van der Waals surface area contributed by atoms with Crippen LogP contribution in [0.1, 0.15) is 44.1 Å². The van der Waals surface area contributed by atoms with Gasteiger partial charge in [0.2, 0.25) is 0 Å².